The lowest BCUT2D eigenvalue weighted by Crippen LogP contribution is -2.32. The number of hydrogen-bond acceptors (Lipinski definition) is 6. The molecule has 0 saturated carbocycles. The Hall–Kier alpha value is -3.00. The number of benzene rings is 1. The Morgan fingerprint density at radius 3 is 2.94 bits per heavy atom. The van der Waals surface area contributed by atoms with Crippen LogP contribution in [0.5, 0.6) is 0 Å². The maximum Gasteiger partial charge on any atom is 0.413 e. The van der Waals surface area contributed by atoms with E-state index in [1.807, 2.05) is 51.1 Å². The molecule has 0 radical (unpaired) electrons. The van der Waals surface area contributed by atoms with E-state index in [0.717, 1.165) is 31.0 Å². The predicted octanol–water partition coefficient (Wildman–Crippen LogP) is 5.40. The molecule has 1 aliphatic heterocycles. The van der Waals surface area contributed by atoms with Gasteiger partial charge in [-0.1, -0.05) is 12.1 Å². The number of allylic oxidation sites excluding steroid dienone is 1. The molecule has 1 atom stereocenters. The van der Waals surface area contributed by atoms with Crippen LogP contribution in [0.15, 0.2) is 47.4 Å². The van der Waals surface area contributed by atoms with Crippen molar-refractivity contribution < 1.29 is 13.9 Å². The summed E-state index contributed by atoms with van der Waals surface area (Å²) in [5.74, 6) is 0.182. The largest absolute Gasteiger partial charge is 0.444 e. The molecule has 2 N–H and O–H groups in total. The first-order valence-electron chi connectivity index (χ1n) is 9.96. The molecule has 7 nitrogen and oxygen atoms in total. The number of anilines is 2. The number of nitrogens with one attached hydrogen (secondary N) is 2. The minimum Gasteiger partial charge on any atom is -0.444 e. The van der Waals surface area contributed by atoms with Crippen molar-refractivity contribution in [2.75, 3.05) is 5.32 Å². The summed E-state index contributed by atoms with van der Waals surface area (Å²) in [7, 11) is 0. The van der Waals surface area contributed by atoms with Gasteiger partial charge in [0.05, 0.1) is 6.20 Å². The van der Waals surface area contributed by atoms with Crippen molar-refractivity contribution in [3.63, 3.8) is 0 Å². The maximum atomic E-state index is 13.9. The first kappa shape index (κ1) is 22.7. The second-order valence-electron chi connectivity index (χ2n) is 8.19. The lowest BCUT2D eigenvalue weighted by molar-refractivity contribution is 0.0545. The third-order valence-electron chi connectivity index (χ3n) is 4.37. The highest BCUT2D eigenvalue weighted by molar-refractivity contribution is 6.28. The highest BCUT2D eigenvalue weighted by atomic mass is 35.5. The lowest BCUT2D eigenvalue weighted by atomic mass is 9.95. The van der Waals surface area contributed by atoms with Crippen molar-refractivity contribution in [3.05, 3.63) is 59.0 Å². The second kappa shape index (κ2) is 9.87. The van der Waals surface area contributed by atoms with Crippen LogP contribution in [0.25, 0.3) is 0 Å². The van der Waals surface area contributed by atoms with Gasteiger partial charge in [-0.15, -0.1) is 0 Å². The van der Waals surface area contributed by atoms with E-state index in [1.54, 1.807) is 6.21 Å². The number of rotatable bonds is 6. The molecule has 1 aromatic heterocycles. The van der Waals surface area contributed by atoms with Crippen LogP contribution in [-0.2, 0) is 11.2 Å². The Bertz CT molecular complexity index is 1000. The third kappa shape index (κ3) is 7.32. The number of halogens is 2. The van der Waals surface area contributed by atoms with Gasteiger partial charge in [0.15, 0.2) is 11.6 Å². The number of nitrogens with zero attached hydrogens (tertiary/aromatic N) is 3. The van der Waals surface area contributed by atoms with Crippen LogP contribution in [0.2, 0.25) is 5.28 Å². The molecular weight excluding hydrogens is 421 g/mol. The van der Waals surface area contributed by atoms with Crippen molar-refractivity contribution in [3.8, 4) is 0 Å². The molecule has 1 aromatic carbocycles. The molecule has 3 rings (SSSR count). The van der Waals surface area contributed by atoms with E-state index in [0.29, 0.717) is 11.5 Å². The van der Waals surface area contributed by atoms with E-state index >= 15 is 0 Å². The minimum atomic E-state index is -0.577. The molecule has 9 heteroatoms. The monoisotopic (exact) mass is 445 g/mol. The van der Waals surface area contributed by atoms with Gasteiger partial charge >= 0.3 is 6.09 Å². The van der Waals surface area contributed by atoms with Crippen LogP contribution >= 0.6 is 11.6 Å². The van der Waals surface area contributed by atoms with E-state index in [-0.39, 0.29) is 17.0 Å². The van der Waals surface area contributed by atoms with Crippen molar-refractivity contribution >= 4 is 35.4 Å². The van der Waals surface area contributed by atoms with Crippen LogP contribution in [0.4, 0.5) is 20.7 Å². The zero-order valence-electron chi connectivity index (χ0n) is 17.7. The number of carbonyl (C=O) groups is 1. The number of hydrogen-bond donors (Lipinski definition) is 2. The first-order chi connectivity index (χ1) is 14.7. The minimum absolute atomic E-state index is 0.0263. The van der Waals surface area contributed by atoms with E-state index in [4.69, 9.17) is 16.3 Å². The Balaban J connectivity index is 1.58. The zero-order valence-corrected chi connectivity index (χ0v) is 18.4. The zero-order chi connectivity index (χ0) is 22.4. The van der Waals surface area contributed by atoms with Crippen LogP contribution < -0.4 is 10.6 Å². The maximum absolute atomic E-state index is 13.9. The van der Waals surface area contributed by atoms with Crippen molar-refractivity contribution in [2.24, 2.45) is 10.9 Å². The molecule has 1 amide bonds. The molecule has 0 saturated heterocycles. The van der Waals surface area contributed by atoms with Gasteiger partial charge in [-0.25, -0.2) is 19.2 Å². The van der Waals surface area contributed by atoms with Gasteiger partial charge < -0.3 is 10.1 Å². The molecule has 1 unspecified atom stereocenters. The highest BCUT2D eigenvalue weighted by Crippen LogP contribution is 2.23. The normalized spacial score (nSPS) is 15.9. The number of amides is 1. The average Bonchev–Trinajstić information content (AvgIpc) is 2.68. The van der Waals surface area contributed by atoms with Gasteiger partial charge in [0.2, 0.25) is 5.28 Å². The third-order valence-corrected chi connectivity index (χ3v) is 4.55. The molecule has 1 aliphatic rings. The Morgan fingerprint density at radius 1 is 1.35 bits per heavy atom. The van der Waals surface area contributed by atoms with Gasteiger partial charge in [0, 0.05) is 11.9 Å². The molecule has 0 aliphatic carbocycles. The molecule has 164 valence electrons. The molecular formula is C22H25ClFN5O2. The molecule has 31 heavy (non-hydrogen) atoms. The number of aliphatic imine (C=N–C) groups is 1. The Morgan fingerprint density at radius 2 is 2.16 bits per heavy atom. The van der Waals surface area contributed by atoms with E-state index in [9.17, 15) is 9.18 Å². The summed E-state index contributed by atoms with van der Waals surface area (Å²) in [4.78, 5) is 23.7. The molecule has 2 heterocycles. The molecule has 0 spiro atoms. The molecule has 2 aromatic rings. The SMILES string of the molecule is CC(C)(C)OC(=O)NC1=CC(CCc2cccc(Nc3nc(Cl)ncc3F)c2)CC=N1. The van der Waals surface area contributed by atoms with Crippen molar-refractivity contribution in [1.82, 2.24) is 15.3 Å². The van der Waals surface area contributed by atoms with Gasteiger partial charge in [0.1, 0.15) is 11.4 Å². The summed E-state index contributed by atoms with van der Waals surface area (Å²) < 4.78 is 19.1. The topological polar surface area (TPSA) is 88.5 Å². The quantitative estimate of drug-likeness (QED) is 0.581. The van der Waals surface area contributed by atoms with Crippen LogP contribution in [0.1, 0.15) is 39.2 Å². The fraction of sp³-hybridized carbons (Fsp3) is 0.364. The fourth-order valence-corrected chi connectivity index (χ4v) is 3.16. The van der Waals surface area contributed by atoms with Gasteiger partial charge in [-0.3, -0.25) is 5.32 Å². The second-order valence-corrected chi connectivity index (χ2v) is 8.52. The van der Waals surface area contributed by atoms with Crippen LogP contribution in [0.3, 0.4) is 0 Å². The smallest absolute Gasteiger partial charge is 0.413 e. The van der Waals surface area contributed by atoms with E-state index in [1.165, 1.54) is 0 Å². The summed E-state index contributed by atoms with van der Waals surface area (Å²) in [6.45, 7) is 5.43. The highest BCUT2D eigenvalue weighted by Gasteiger charge is 2.18. The lowest BCUT2D eigenvalue weighted by Gasteiger charge is -2.21. The van der Waals surface area contributed by atoms with Crippen LogP contribution in [0, 0.1) is 11.7 Å². The van der Waals surface area contributed by atoms with Crippen LogP contribution in [-0.4, -0.2) is 27.9 Å². The standard InChI is InChI=1S/C22H25ClFN5O2/c1-22(2,3)31-21(30)28-18-12-15(9-10-25-18)8-7-14-5-4-6-16(11-14)27-19-17(24)13-26-20(23)29-19/h4-6,10-13,15H,7-9H2,1-3H3,(H,28,30)(H,26,27,29). The Kier molecular flexibility index (Phi) is 7.22. The average molecular weight is 446 g/mol. The van der Waals surface area contributed by atoms with Crippen molar-refractivity contribution in [2.45, 2.75) is 45.6 Å². The number of carbonyl (C=O) groups excluding carboxylic acids is 1. The molecule has 0 fully saturated rings. The number of ether oxygens (including phenoxy) is 1. The molecule has 0 bridgehead atoms. The van der Waals surface area contributed by atoms with E-state index in [2.05, 4.69) is 25.6 Å². The summed E-state index contributed by atoms with van der Waals surface area (Å²) in [5.41, 5.74) is 1.23. The number of alkyl carbamates (subject to hydrolysis) is 1. The fourth-order valence-electron chi connectivity index (χ4n) is 3.03. The number of aryl methyl sites for hydroxylation is 1. The summed E-state index contributed by atoms with van der Waals surface area (Å²) in [6, 6.07) is 7.67. The van der Waals surface area contributed by atoms with Gasteiger partial charge in [-0.2, -0.15) is 4.98 Å². The summed E-state index contributed by atoms with van der Waals surface area (Å²) >= 11 is 5.75. The van der Waals surface area contributed by atoms with Crippen molar-refractivity contribution in [1.29, 1.82) is 0 Å². The van der Waals surface area contributed by atoms with E-state index < -0.39 is 17.5 Å². The summed E-state index contributed by atoms with van der Waals surface area (Å²) in [5, 5.41) is 5.59. The summed E-state index contributed by atoms with van der Waals surface area (Å²) in [6.07, 6.45) is 6.72. The number of aromatic nitrogens is 2. The predicted molar refractivity (Wildman–Crippen MR) is 119 cm³/mol. The first-order valence-corrected chi connectivity index (χ1v) is 10.3. The van der Waals surface area contributed by atoms with Gasteiger partial charge in [0.25, 0.3) is 0 Å². The van der Waals surface area contributed by atoms with Gasteiger partial charge in [-0.05, 0) is 81.3 Å². The Labute approximate surface area is 185 Å².